The van der Waals surface area contributed by atoms with Crippen LogP contribution < -0.4 is 16.5 Å². The Balaban J connectivity index is 2.13. The number of hydrogen-bond donors (Lipinski definition) is 2. The molecular formula is C20H16Cl2F2N2O3. The molecule has 0 atom stereocenters. The van der Waals surface area contributed by atoms with Crippen LogP contribution in [-0.4, -0.2) is 5.91 Å². The van der Waals surface area contributed by atoms with Crippen LogP contribution >= 0.6 is 23.2 Å². The van der Waals surface area contributed by atoms with E-state index >= 15 is 0 Å². The molecule has 2 aromatic carbocycles. The predicted molar refractivity (Wildman–Crippen MR) is 110 cm³/mol. The first-order valence-electron chi connectivity index (χ1n) is 8.42. The molecule has 152 valence electrons. The highest BCUT2D eigenvalue weighted by Gasteiger charge is 2.24. The van der Waals surface area contributed by atoms with E-state index in [1.807, 2.05) is 0 Å². The summed E-state index contributed by atoms with van der Waals surface area (Å²) < 4.78 is 33.4. The Morgan fingerprint density at radius 3 is 2.24 bits per heavy atom. The van der Waals surface area contributed by atoms with Crippen LogP contribution in [0, 0.1) is 17.0 Å². The average molecular weight is 441 g/mol. The van der Waals surface area contributed by atoms with Gasteiger partial charge in [-0.1, -0.05) is 44.0 Å². The number of carbonyl (C=O) groups excluding carboxylic acids is 1. The number of rotatable bonds is 2. The molecule has 0 saturated carbocycles. The average Bonchev–Trinajstić information content (AvgIpc) is 2.62. The Labute approximate surface area is 174 Å². The van der Waals surface area contributed by atoms with Crippen LogP contribution in [0.5, 0.6) is 0 Å². The van der Waals surface area contributed by atoms with Gasteiger partial charge in [-0.2, -0.15) is 0 Å². The maximum absolute atomic E-state index is 14.3. The molecule has 5 nitrogen and oxygen atoms in total. The van der Waals surface area contributed by atoms with Crippen molar-refractivity contribution in [2.45, 2.75) is 20.8 Å². The lowest BCUT2D eigenvalue weighted by Crippen LogP contribution is -2.27. The number of amides is 1. The summed E-state index contributed by atoms with van der Waals surface area (Å²) in [6.07, 6.45) is 0. The van der Waals surface area contributed by atoms with E-state index in [9.17, 15) is 18.4 Å². The zero-order chi connectivity index (χ0) is 21.7. The van der Waals surface area contributed by atoms with Gasteiger partial charge in [0, 0.05) is 17.0 Å². The van der Waals surface area contributed by atoms with Crippen LogP contribution in [-0.2, 0) is 4.79 Å². The molecule has 3 aromatic rings. The smallest absolute Gasteiger partial charge is 0.229 e. The van der Waals surface area contributed by atoms with Gasteiger partial charge < -0.3 is 15.5 Å². The van der Waals surface area contributed by atoms with Crippen molar-refractivity contribution in [3.05, 3.63) is 56.2 Å². The van der Waals surface area contributed by atoms with Gasteiger partial charge in [0.25, 0.3) is 0 Å². The Morgan fingerprint density at radius 1 is 1.10 bits per heavy atom. The lowest BCUT2D eigenvalue weighted by atomic mass is 9.95. The third-order valence-electron chi connectivity index (χ3n) is 4.19. The molecule has 0 unspecified atom stereocenters. The van der Waals surface area contributed by atoms with E-state index in [2.05, 4.69) is 5.32 Å². The summed E-state index contributed by atoms with van der Waals surface area (Å²) in [6.45, 7) is 5.18. The van der Waals surface area contributed by atoms with Gasteiger partial charge >= 0.3 is 0 Å². The van der Waals surface area contributed by atoms with Gasteiger partial charge in [0.15, 0.2) is 16.8 Å². The molecule has 0 aliphatic carbocycles. The standard InChI is InChI=1S/C20H16Cl2F2N2O3/c1-20(2,3)19(28)26-17-10(21)4-8(5-11(17)22)14-7-13(27)9-6-12(23)16(25)15(24)18(9)29-14/h4-7H,25H2,1-3H3,(H,26,28). The van der Waals surface area contributed by atoms with Crippen molar-refractivity contribution < 1.29 is 18.0 Å². The summed E-state index contributed by atoms with van der Waals surface area (Å²) >= 11 is 12.5. The molecule has 1 heterocycles. The first kappa shape index (κ1) is 21.1. The van der Waals surface area contributed by atoms with Gasteiger partial charge in [-0.15, -0.1) is 0 Å². The minimum absolute atomic E-state index is 0.0510. The van der Waals surface area contributed by atoms with Gasteiger partial charge in [-0.05, 0) is 18.2 Å². The van der Waals surface area contributed by atoms with Crippen LogP contribution in [0.2, 0.25) is 10.0 Å². The van der Waals surface area contributed by atoms with Gasteiger partial charge in [0.1, 0.15) is 17.3 Å². The van der Waals surface area contributed by atoms with Crippen molar-refractivity contribution in [3.63, 3.8) is 0 Å². The molecule has 0 fully saturated rings. The van der Waals surface area contributed by atoms with Gasteiger partial charge in [-0.25, -0.2) is 8.78 Å². The van der Waals surface area contributed by atoms with E-state index in [1.165, 1.54) is 12.1 Å². The molecule has 0 spiro atoms. The van der Waals surface area contributed by atoms with Crippen LogP contribution in [0.25, 0.3) is 22.3 Å². The number of hydrogen-bond acceptors (Lipinski definition) is 4. The van der Waals surface area contributed by atoms with E-state index in [0.29, 0.717) is 0 Å². The summed E-state index contributed by atoms with van der Waals surface area (Å²) in [4.78, 5) is 24.5. The number of fused-ring (bicyclic) bond motifs is 1. The molecule has 3 N–H and O–H groups in total. The normalized spacial score (nSPS) is 11.7. The van der Waals surface area contributed by atoms with Crippen molar-refractivity contribution in [1.82, 2.24) is 0 Å². The van der Waals surface area contributed by atoms with E-state index < -0.39 is 33.7 Å². The minimum atomic E-state index is -1.18. The van der Waals surface area contributed by atoms with Crippen LogP contribution in [0.15, 0.2) is 33.5 Å². The lowest BCUT2D eigenvalue weighted by molar-refractivity contribution is -0.123. The van der Waals surface area contributed by atoms with Crippen molar-refractivity contribution in [2.24, 2.45) is 5.41 Å². The number of nitrogens with one attached hydrogen (secondary N) is 1. The fraction of sp³-hybridized carbons (Fsp3) is 0.200. The summed E-state index contributed by atoms with van der Waals surface area (Å²) in [7, 11) is 0. The molecule has 0 bridgehead atoms. The summed E-state index contributed by atoms with van der Waals surface area (Å²) in [5.74, 6) is -2.58. The maximum Gasteiger partial charge on any atom is 0.229 e. The van der Waals surface area contributed by atoms with Gasteiger partial charge in [0.2, 0.25) is 5.91 Å². The summed E-state index contributed by atoms with van der Waals surface area (Å²) in [6, 6.07) is 4.68. The lowest BCUT2D eigenvalue weighted by Gasteiger charge is -2.19. The molecule has 1 aromatic heterocycles. The van der Waals surface area contributed by atoms with Crippen molar-refractivity contribution in [2.75, 3.05) is 11.1 Å². The highest BCUT2D eigenvalue weighted by Crippen LogP contribution is 2.37. The Hall–Kier alpha value is -2.64. The van der Waals surface area contributed by atoms with Gasteiger partial charge in [0.05, 0.1) is 21.1 Å². The largest absolute Gasteiger partial charge is 0.453 e. The molecular weight excluding hydrogens is 425 g/mol. The first-order valence-corrected chi connectivity index (χ1v) is 9.18. The number of nitrogen functional groups attached to an aromatic ring is 1. The molecule has 0 aliphatic rings. The van der Waals surface area contributed by atoms with E-state index in [-0.39, 0.29) is 38.3 Å². The molecule has 9 heteroatoms. The number of carbonyl (C=O) groups is 1. The van der Waals surface area contributed by atoms with E-state index in [4.69, 9.17) is 33.4 Å². The Kier molecular flexibility index (Phi) is 5.32. The fourth-order valence-electron chi connectivity index (χ4n) is 2.51. The molecule has 1 amide bonds. The third kappa shape index (κ3) is 3.93. The second kappa shape index (κ2) is 7.31. The third-order valence-corrected chi connectivity index (χ3v) is 4.79. The first-order chi connectivity index (χ1) is 13.4. The quantitative estimate of drug-likeness (QED) is 0.506. The molecule has 0 radical (unpaired) electrons. The van der Waals surface area contributed by atoms with Crippen LogP contribution in [0.1, 0.15) is 20.8 Å². The highest BCUT2D eigenvalue weighted by molar-refractivity contribution is 6.40. The second-order valence-corrected chi connectivity index (χ2v) is 8.27. The van der Waals surface area contributed by atoms with E-state index in [0.717, 1.165) is 12.1 Å². The minimum Gasteiger partial charge on any atom is -0.453 e. The monoisotopic (exact) mass is 440 g/mol. The maximum atomic E-state index is 14.3. The van der Waals surface area contributed by atoms with Crippen molar-refractivity contribution in [1.29, 1.82) is 0 Å². The van der Waals surface area contributed by atoms with Crippen molar-refractivity contribution in [3.8, 4) is 11.3 Å². The molecule has 3 rings (SSSR count). The Bertz CT molecular complexity index is 1190. The fourth-order valence-corrected chi connectivity index (χ4v) is 3.09. The zero-order valence-corrected chi connectivity index (χ0v) is 17.1. The SMILES string of the molecule is CC(C)(C)C(=O)Nc1c(Cl)cc(-c2cc(=O)c3cc(F)c(N)c(F)c3o2)cc1Cl. The number of nitrogens with two attached hydrogens (primary N) is 1. The molecule has 29 heavy (non-hydrogen) atoms. The topological polar surface area (TPSA) is 85.3 Å². The number of anilines is 2. The van der Waals surface area contributed by atoms with Gasteiger partial charge in [-0.3, -0.25) is 9.59 Å². The van der Waals surface area contributed by atoms with E-state index in [1.54, 1.807) is 20.8 Å². The molecule has 0 saturated heterocycles. The summed E-state index contributed by atoms with van der Waals surface area (Å²) in [5, 5.41) is 2.54. The number of benzene rings is 2. The predicted octanol–water partition coefficient (Wildman–Crippen LogP) is 5.61. The zero-order valence-electron chi connectivity index (χ0n) is 15.6. The number of halogens is 4. The van der Waals surface area contributed by atoms with Crippen LogP contribution in [0.4, 0.5) is 20.2 Å². The highest BCUT2D eigenvalue weighted by atomic mass is 35.5. The Morgan fingerprint density at radius 2 is 1.69 bits per heavy atom. The van der Waals surface area contributed by atoms with Crippen LogP contribution in [0.3, 0.4) is 0 Å². The molecule has 0 aliphatic heterocycles. The van der Waals surface area contributed by atoms with Crippen molar-refractivity contribution >= 4 is 51.5 Å². The second-order valence-electron chi connectivity index (χ2n) is 7.46. The summed E-state index contributed by atoms with van der Waals surface area (Å²) in [5.41, 5.74) is 3.21.